The van der Waals surface area contributed by atoms with Crippen molar-refractivity contribution >= 4 is 5.97 Å². The fourth-order valence-electron chi connectivity index (χ4n) is 1.80. The van der Waals surface area contributed by atoms with Crippen LogP contribution in [0.15, 0.2) is 43.0 Å². The van der Waals surface area contributed by atoms with E-state index in [1.165, 1.54) is 0 Å². The highest BCUT2D eigenvalue weighted by Crippen LogP contribution is 2.05. The van der Waals surface area contributed by atoms with E-state index in [1.54, 1.807) is 0 Å². The van der Waals surface area contributed by atoms with Gasteiger partial charge in [-0.15, -0.1) is 6.58 Å². The number of benzene rings is 1. The Balaban J connectivity index is 2.42. The van der Waals surface area contributed by atoms with E-state index in [2.05, 4.69) is 11.9 Å². The first-order valence-corrected chi connectivity index (χ1v) is 7.03. The fraction of sp³-hybridized carbons (Fsp3) is 0.438. The molecule has 0 aliphatic carbocycles. The second kappa shape index (κ2) is 10.2. The summed E-state index contributed by atoms with van der Waals surface area (Å²) in [5.41, 5.74) is 6.44. The van der Waals surface area contributed by atoms with Gasteiger partial charge >= 0.3 is 5.97 Å². The molecule has 0 amide bonds. The van der Waals surface area contributed by atoms with Crippen LogP contribution < -0.4 is 11.1 Å². The van der Waals surface area contributed by atoms with Crippen molar-refractivity contribution in [1.29, 1.82) is 0 Å². The zero-order valence-electron chi connectivity index (χ0n) is 11.9. The first-order valence-electron chi connectivity index (χ1n) is 7.03. The topological polar surface area (TPSA) is 64.3 Å². The average Bonchev–Trinajstić information content (AvgIpc) is 2.49. The lowest BCUT2D eigenvalue weighted by molar-refractivity contribution is -0.147. The van der Waals surface area contributed by atoms with Gasteiger partial charge in [0.2, 0.25) is 0 Å². The van der Waals surface area contributed by atoms with Crippen molar-refractivity contribution in [1.82, 2.24) is 5.32 Å². The molecule has 1 aromatic carbocycles. The van der Waals surface area contributed by atoms with Gasteiger partial charge in [-0.05, 0) is 37.9 Å². The predicted octanol–water partition coefficient (Wildman–Crippen LogP) is 2.00. The van der Waals surface area contributed by atoms with Crippen LogP contribution in [0.1, 0.15) is 24.8 Å². The van der Waals surface area contributed by atoms with Crippen LogP contribution in [0, 0.1) is 0 Å². The molecule has 1 unspecified atom stereocenters. The molecule has 0 bridgehead atoms. The van der Waals surface area contributed by atoms with Crippen LogP contribution in [0.2, 0.25) is 0 Å². The lowest BCUT2D eigenvalue weighted by atomic mass is 10.1. The van der Waals surface area contributed by atoms with Crippen LogP contribution in [0.3, 0.4) is 0 Å². The molecule has 1 aromatic rings. The zero-order valence-corrected chi connectivity index (χ0v) is 11.9. The number of esters is 1. The predicted molar refractivity (Wildman–Crippen MR) is 81.1 cm³/mol. The van der Waals surface area contributed by atoms with Gasteiger partial charge in [-0.1, -0.05) is 36.4 Å². The Kier molecular flexibility index (Phi) is 8.35. The van der Waals surface area contributed by atoms with E-state index in [1.807, 2.05) is 36.4 Å². The van der Waals surface area contributed by atoms with E-state index in [-0.39, 0.29) is 12.0 Å². The molecule has 4 nitrogen and oxygen atoms in total. The number of carbonyl (C=O) groups excluding carboxylic acids is 1. The highest BCUT2D eigenvalue weighted by molar-refractivity contribution is 5.75. The molecule has 3 N–H and O–H groups in total. The standard InChI is InChI=1S/C16H24N2O2/c1-2-3-10-15(18-12-7-11-17)16(19)20-13-14-8-5-4-6-9-14/h2,4-6,8-9,15,18H,1,3,7,10-13,17H2. The van der Waals surface area contributed by atoms with Crippen molar-refractivity contribution < 1.29 is 9.53 Å². The smallest absolute Gasteiger partial charge is 0.323 e. The maximum Gasteiger partial charge on any atom is 0.323 e. The van der Waals surface area contributed by atoms with Gasteiger partial charge in [0.15, 0.2) is 0 Å². The van der Waals surface area contributed by atoms with Crippen molar-refractivity contribution in [2.75, 3.05) is 13.1 Å². The van der Waals surface area contributed by atoms with Gasteiger partial charge in [-0.25, -0.2) is 0 Å². The highest BCUT2D eigenvalue weighted by atomic mass is 16.5. The number of hydrogen-bond donors (Lipinski definition) is 2. The number of nitrogens with two attached hydrogens (primary N) is 1. The third kappa shape index (κ3) is 6.50. The van der Waals surface area contributed by atoms with Gasteiger partial charge in [0, 0.05) is 0 Å². The van der Waals surface area contributed by atoms with E-state index in [0.717, 1.165) is 24.9 Å². The van der Waals surface area contributed by atoms with Crippen molar-refractivity contribution in [2.45, 2.75) is 31.9 Å². The fourth-order valence-corrected chi connectivity index (χ4v) is 1.80. The summed E-state index contributed by atoms with van der Waals surface area (Å²) in [7, 11) is 0. The summed E-state index contributed by atoms with van der Waals surface area (Å²) >= 11 is 0. The van der Waals surface area contributed by atoms with Gasteiger partial charge in [-0.2, -0.15) is 0 Å². The van der Waals surface area contributed by atoms with E-state index in [4.69, 9.17) is 10.5 Å². The second-order valence-corrected chi connectivity index (χ2v) is 4.61. The molecule has 0 aromatic heterocycles. The maximum absolute atomic E-state index is 12.1. The number of nitrogens with one attached hydrogen (secondary N) is 1. The van der Waals surface area contributed by atoms with Crippen LogP contribution in [-0.2, 0) is 16.1 Å². The number of carbonyl (C=O) groups is 1. The maximum atomic E-state index is 12.1. The SMILES string of the molecule is C=CCCC(NCCCN)C(=O)OCc1ccccc1. The van der Waals surface area contributed by atoms with E-state index in [0.29, 0.717) is 19.6 Å². The quantitative estimate of drug-likeness (QED) is 0.390. The van der Waals surface area contributed by atoms with Gasteiger partial charge < -0.3 is 15.8 Å². The minimum Gasteiger partial charge on any atom is -0.460 e. The minimum absolute atomic E-state index is 0.215. The van der Waals surface area contributed by atoms with Crippen LogP contribution in [0.25, 0.3) is 0 Å². The lowest BCUT2D eigenvalue weighted by Gasteiger charge is -2.17. The minimum atomic E-state index is -0.289. The van der Waals surface area contributed by atoms with Gasteiger partial charge in [0.1, 0.15) is 12.6 Å². The summed E-state index contributed by atoms with van der Waals surface area (Å²) in [6.45, 7) is 5.32. The third-order valence-corrected chi connectivity index (χ3v) is 2.94. The monoisotopic (exact) mass is 276 g/mol. The van der Waals surface area contributed by atoms with Crippen LogP contribution >= 0.6 is 0 Å². The molecule has 110 valence electrons. The Morgan fingerprint density at radius 3 is 2.80 bits per heavy atom. The molecule has 1 atom stereocenters. The molecule has 0 saturated carbocycles. The average molecular weight is 276 g/mol. The Hall–Kier alpha value is -1.65. The summed E-state index contributed by atoms with van der Waals surface area (Å²) in [6.07, 6.45) is 4.13. The number of hydrogen-bond acceptors (Lipinski definition) is 4. The van der Waals surface area contributed by atoms with E-state index < -0.39 is 0 Å². The Bertz CT molecular complexity index is 393. The van der Waals surface area contributed by atoms with Crippen LogP contribution in [-0.4, -0.2) is 25.1 Å². The first-order chi connectivity index (χ1) is 9.77. The molecular formula is C16H24N2O2. The molecule has 0 saturated heterocycles. The first kappa shape index (κ1) is 16.4. The largest absolute Gasteiger partial charge is 0.460 e. The molecule has 0 fully saturated rings. The molecule has 4 heteroatoms. The molecule has 0 radical (unpaired) electrons. The van der Waals surface area contributed by atoms with Crippen molar-refractivity contribution in [3.8, 4) is 0 Å². The van der Waals surface area contributed by atoms with Crippen molar-refractivity contribution in [3.05, 3.63) is 48.6 Å². The van der Waals surface area contributed by atoms with E-state index >= 15 is 0 Å². The molecule has 0 heterocycles. The summed E-state index contributed by atoms with van der Waals surface area (Å²) in [6, 6.07) is 9.38. The lowest BCUT2D eigenvalue weighted by Crippen LogP contribution is -2.39. The van der Waals surface area contributed by atoms with Crippen LogP contribution in [0.5, 0.6) is 0 Å². The van der Waals surface area contributed by atoms with Gasteiger partial charge in [0.25, 0.3) is 0 Å². The summed E-state index contributed by atoms with van der Waals surface area (Å²) in [5.74, 6) is -0.215. The molecular weight excluding hydrogens is 252 g/mol. The second-order valence-electron chi connectivity index (χ2n) is 4.61. The molecule has 20 heavy (non-hydrogen) atoms. The molecule has 1 rings (SSSR count). The summed E-state index contributed by atoms with van der Waals surface area (Å²) in [5, 5.41) is 3.19. The molecule has 0 aliphatic heterocycles. The van der Waals surface area contributed by atoms with Gasteiger partial charge in [-0.3, -0.25) is 4.79 Å². The zero-order chi connectivity index (χ0) is 14.6. The summed E-state index contributed by atoms with van der Waals surface area (Å²) in [4.78, 5) is 12.1. The van der Waals surface area contributed by atoms with Gasteiger partial charge in [0.05, 0.1) is 0 Å². The van der Waals surface area contributed by atoms with Crippen molar-refractivity contribution in [3.63, 3.8) is 0 Å². The Morgan fingerprint density at radius 1 is 1.40 bits per heavy atom. The number of ether oxygens (including phenoxy) is 1. The van der Waals surface area contributed by atoms with Crippen LogP contribution in [0.4, 0.5) is 0 Å². The molecule has 0 spiro atoms. The molecule has 0 aliphatic rings. The number of rotatable bonds is 10. The third-order valence-electron chi connectivity index (χ3n) is 2.94. The normalized spacial score (nSPS) is 11.8. The Labute approximate surface area is 121 Å². The number of allylic oxidation sites excluding steroid dienone is 1. The van der Waals surface area contributed by atoms with Crippen molar-refractivity contribution in [2.24, 2.45) is 5.73 Å². The van der Waals surface area contributed by atoms with E-state index in [9.17, 15) is 4.79 Å². The summed E-state index contributed by atoms with van der Waals surface area (Å²) < 4.78 is 5.35. The highest BCUT2D eigenvalue weighted by Gasteiger charge is 2.18. The Morgan fingerprint density at radius 2 is 2.15 bits per heavy atom.